The van der Waals surface area contributed by atoms with Gasteiger partial charge in [0.1, 0.15) is 0 Å². The molecule has 0 aromatic rings. The summed E-state index contributed by atoms with van der Waals surface area (Å²) in [7, 11) is 0. The van der Waals surface area contributed by atoms with Crippen LogP contribution in [0.1, 0.15) is 32.6 Å². The molecule has 3 heteroatoms. The molecule has 0 aromatic heterocycles. The van der Waals surface area contributed by atoms with Crippen molar-refractivity contribution in [2.45, 2.75) is 38.7 Å². The van der Waals surface area contributed by atoms with E-state index in [1.165, 1.54) is 0 Å². The summed E-state index contributed by atoms with van der Waals surface area (Å²) in [5, 5.41) is 0. The summed E-state index contributed by atoms with van der Waals surface area (Å²) in [6, 6.07) is 0. The molecule has 1 saturated carbocycles. The molecule has 0 radical (unpaired) electrons. The first-order chi connectivity index (χ1) is 6.81. The molecule has 0 N–H and O–H groups in total. The zero-order chi connectivity index (χ0) is 9.97. The van der Waals surface area contributed by atoms with Gasteiger partial charge in [0.15, 0.2) is 0 Å². The molecular formula is C11H18O3. The highest BCUT2D eigenvalue weighted by atomic mass is 16.5. The number of carbonyl (C=O) groups excluding carboxylic acids is 1. The van der Waals surface area contributed by atoms with Crippen LogP contribution in [-0.4, -0.2) is 25.3 Å². The minimum Gasteiger partial charge on any atom is -0.465 e. The van der Waals surface area contributed by atoms with Crippen LogP contribution >= 0.6 is 0 Å². The predicted molar refractivity (Wildman–Crippen MR) is 51.8 cm³/mol. The molecule has 2 fully saturated rings. The van der Waals surface area contributed by atoms with Crippen molar-refractivity contribution in [2.75, 3.05) is 13.2 Å². The van der Waals surface area contributed by atoms with E-state index in [2.05, 4.69) is 0 Å². The second-order valence-electron chi connectivity index (χ2n) is 4.21. The number of rotatable bonds is 2. The van der Waals surface area contributed by atoms with Gasteiger partial charge in [0.2, 0.25) is 0 Å². The first kappa shape index (κ1) is 9.97. The Bertz CT molecular complexity index is 215. The van der Waals surface area contributed by atoms with Crippen molar-refractivity contribution in [3.8, 4) is 0 Å². The maximum Gasteiger partial charge on any atom is 0.309 e. The molecule has 3 atom stereocenters. The van der Waals surface area contributed by atoms with Crippen molar-refractivity contribution in [3.05, 3.63) is 0 Å². The Hall–Kier alpha value is -0.570. The average Bonchev–Trinajstić information content (AvgIpc) is 2.18. The highest BCUT2D eigenvalue weighted by molar-refractivity contribution is 5.73. The Morgan fingerprint density at radius 1 is 1.43 bits per heavy atom. The lowest BCUT2D eigenvalue weighted by Gasteiger charge is -2.37. The Labute approximate surface area is 84.8 Å². The van der Waals surface area contributed by atoms with Gasteiger partial charge in [-0.15, -0.1) is 0 Å². The molecule has 1 aliphatic heterocycles. The van der Waals surface area contributed by atoms with Gasteiger partial charge in [0.25, 0.3) is 0 Å². The van der Waals surface area contributed by atoms with Crippen molar-refractivity contribution in [2.24, 2.45) is 11.8 Å². The van der Waals surface area contributed by atoms with Gasteiger partial charge in [-0.1, -0.05) is 0 Å². The van der Waals surface area contributed by atoms with Crippen molar-refractivity contribution in [1.82, 2.24) is 0 Å². The summed E-state index contributed by atoms with van der Waals surface area (Å²) in [4.78, 5) is 11.4. The van der Waals surface area contributed by atoms with Crippen LogP contribution in [0.15, 0.2) is 0 Å². The molecule has 2 rings (SSSR count). The van der Waals surface area contributed by atoms with E-state index in [9.17, 15) is 4.79 Å². The standard InChI is InChI=1S/C11H18O3/c1-2-13-9-3-4-10-8(7-9)5-6-14-11(10)12/h8-10H,2-7H2,1H3/t8-,9+,10?/m0/s1. The van der Waals surface area contributed by atoms with Crippen LogP contribution in [0.4, 0.5) is 0 Å². The van der Waals surface area contributed by atoms with Gasteiger partial charge in [0, 0.05) is 6.61 Å². The first-order valence-corrected chi connectivity index (χ1v) is 5.59. The molecule has 14 heavy (non-hydrogen) atoms. The van der Waals surface area contributed by atoms with E-state index in [1.807, 2.05) is 6.92 Å². The summed E-state index contributed by atoms with van der Waals surface area (Å²) < 4.78 is 10.7. The lowest BCUT2D eigenvalue weighted by Crippen LogP contribution is -2.39. The second kappa shape index (κ2) is 4.30. The van der Waals surface area contributed by atoms with E-state index in [4.69, 9.17) is 9.47 Å². The third kappa shape index (κ3) is 1.92. The van der Waals surface area contributed by atoms with Crippen molar-refractivity contribution in [3.63, 3.8) is 0 Å². The normalized spacial score (nSPS) is 37.5. The van der Waals surface area contributed by atoms with Crippen molar-refractivity contribution in [1.29, 1.82) is 0 Å². The summed E-state index contributed by atoms with van der Waals surface area (Å²) >= 11 is 0. The molecule has 80 valence electrons. The monoisotopic (exact) mass is 198 g/mol. The summed E-state index contributed by atoms with van der Waals surface area (Å²) in [5.74, 6) is 0.707. The third-order valence-corrected chi connectivity index (χ3v) is 3.37. The minimum atomic E-state index is 0.0243. The quantitative estimate of drug-likeness (QED) is 0.634. The lowest BCUT2D eigenvalue weighted by atomic mass is 9.75. The number of hydrogen-bond acceptors (Lipinski definition) is 3. The van der Waals surface area contributed by atoms with Gasteiger partial charge in [-0.05, 0) is 38.5 Å². The number of hydrogen-bond donors (Lipinski definition) is 0. The predicted octanol–water partition coefficient (Wildman–Crippen LogP) is 1.75. The number of ether oxygens (including phenoxy) is 2. The lowest BCUT2D eigenvalue weighted by molar-refractivity contribution is -0.161. The highest BCUT2D eigenvalue weighted by Gasteiger charge is 2.38. The topological polar surface area (TPSA) is 35.5 Å². The fourth-order valence-electron chi connectivity index (χ4n) is 2.66. The molecular weight excluding hydrogens is 180 g/mol. The fraction of sp³-hybridized carbons (Fsp3) is 0.909. The van der Waals surface area contributed by atoms with Gasteiger partial charge < -0.3 is 9.47 Å². The molecule has 2 aliphatic rings. The maximum absolute atomic E-state index is 11.4. The van der Waals surface area contributed by atoms with E-state index in [1.54, 1.807) is 0 Å². The zero-order valence-electron chi connectivity index (χ0n) is 8.70. The van der Waals surface area contributed by atoms with Crippen LogP contribution in [0.25, 0.3) is 0 Å². The van der Waals surface area contributed by atoms with E-state index in [0.29, 0.717) is 18.6 Å². The molecule has 1 aliphatic carbocycles. The van der Waals surface area contributed by atoms with Crippen molar-refractivity contribution >= 4 is 5.97 Å². The van der Waals surface area contributed by atoms with E-state index in [-0.39, 0.29) is 11.9 Å². The Balaban J connectivity index is 1.93. The molecule has 3 nitrogen and oxygen atoms in total. The maximum atomic E-state index is 11.4. The van der Waals surface area contributed by atoms with Crippen LogP contribution in [0.2, 0.25) is 0 Å². The molecule has 1 heterocycles. The van der Waals surface area contributed by atoms with Gasteiger partial charge >= 0.3 is 5.97 Å². The average molecular weight is 198 g/mol. The van der Waals surface area contributed by atoms with E-state index in [0.717, 1.165) is 32.3 Å². The van der Waals surface area contributed by atoms with Gasteiger partial charge in [-0.25, -0.2) is 0 Å². The smallest absolute Gasteiger partial charge is 0.309 e. The van der Waals surface area contributed by atoms with Gasteiger partial charge in [-0.3, -0.25) is 4.79 Å². The van der Waals surface area contributed by atoms with E-state index < -0.39 is 0 Å². The number of fused-ring (bicyclic) bond motifs is 1. The first-order valence-electron chi connectivity index (χ1n) is 5.59. The summed E-state index contributed by atoms with van der Waals surface area (Å²) in [5.41, 5.74) is 0. The van der Waals surface area contributed by atoms with Crippen LogP contribution in [-0.2, 0) is 14.3 Å². The molecule has 1 saturated heterocycles. The van der Waals surface area contributed by atoms with Gasteiger partial charge in [0.05, 0.1) is 18.6 Å². The van der Waals surface area contributed by atoms with E-state index >= 15 is 0 Å². The molecule has 0 aromatic carbocycles. The summed E-state index contributed by atoms with van der Waals surface area (Å²) in [6.07, 6.45) is 4.43. The SMILES string of the molecule is CCO[C@@H]1CCC2C(=O)OCC[C@H]2C1. The van der Waals surface area contributed by atoms with Crippen LogP contribution in [0, 0.1) is 11.8 Å². The Morgan fingerprint density at radius 3 is 3.07 bits per heavy atom. The highest BCUT2D eigenvalue weighted by Crippen LogP contribution is 2.37. The molecule has 0 spiro atoms. The zero-order valence-corrected chi connectivity index (χ0v) is 8.70. The fourth-order valence-corrected chi connectivity index (χ4v) is 2.66. The summed E-state index contributed by atoms with van der Waals surface area (Å²) in [6.45, 7) is 3.42. The molecule has 0 bridgehead atoms. The number of esters is 1. The second-order valence-corrected chi connectivity index (χ2v) is 4.21. The Kier molecular flexibility index (Phi) is 3.06. The minimum absolute atomic E-state index is 0.0243. The van der Waals surface area contributed by atoms with Crippen LogP contribution in [0.3, 0.4) is 0 Å². The van der Waals surface area contributed by atoms with Gasteiger partial charge in [-0.2, -0.15) is 0 Å². The number of carbonyl (C=O) groups is 1. The van der Waals surface area contributed by atoms with Crippen molar-refractivity contribution < 1.29 is 14.3 Å². The molecule has 1 unspecified atom stereocenters. The third-order valence-electron chi connectivity index (χ3n) is 3.37. The Morgan fingerprint density at radius 2 is 2.29 bits per heavy atom. The molecule has 0 amide bonds. The number of cyclic esters (lactones) is 1. The largest absolute Gasteiger partial charge is 0.465 e. The van der Waals surface area contributed by atoms with Crippen LogP contribution < -0.4 is 0 Å². The van der Waals surface area contributed by atoms with Crippen LogP contribution in [0.5, 0.6) is 0 Å².